The summed E-state index contributed by atoms with van der Waals surface area (Å²) in [4.78, 5) is 77.7. The van der Waals surface area contributed by atoms with Crippen molar-refractivity contribution in [3.8, 4) is 0 Å². The molecule has 7 aliphatic rings. The minimum Gasteiger partial charge on any atom is -0.345 e. The normalized spacial score (nSPS) is 32.1. The van der Waals surface area contributed by atoms with Gasteiger partial charge in [-0.3, -0.25) is 28.9 Å². The molecular formula is C48H77N5O7S. The molecule has 0 aromatic heterocycles. The number of nitrogens with one attached hydrogen (secondary N) is 2. The lowest BCUT2D eigenvalue weighted by Crippen LogP contribution is -2.57. The number of allylic oxidation sites excluding steroid dienone is 1. The van der Waals surface area contributed by atoms with E-state index in [1.807, 2.05) is 4.90 Å². The maximum absolute atomic E-state index is 15.5. The van der Waals surface area contributed by atoms with E-state index in [0.29, 0.717) is 19.4 Å². The van der Waals surface area contributed by atoms with Crippen LogP contribution in [0.1, 0.15) is 164 Å². The number of ketones is 2. The molecule has 0 aromatic carbocycles. The molecule has 5 saturated carbocycles. The molecule has 7 atom stereocenters. The minimum absolute atomic E-state index is 0.00194. The van der Waals surface area contributed by atoms with Gasteiger partial charge >= 0.3 is 10.2 Å². The number of Topliss-reactive ketones (excluding diaryl/α,β-unsaturated/α-hetero) is 2. The third kappa shape index (κ3) is 8.10. The fraction of sp³-hybridized carbons (Fsp3) is 0.854. The molecule has 13 heteroatoms. The Morgan fingerprint density at radius 1 is 0.820 bits per heavy atom. The zero-order valence-electron chi connectivity index (χ0n) is 38.3. The molecule has 12 nitrogen and oxygen atoms in total. The van der Waals surface area contributed by atoms with Crippen LogP contribution in [-0.2, 0) is 34.2 Å². The number of carbonyl (C=O) groups excluding carboxylic acids is 5. The summed E-state index contributed by atoms with van der Waals surface area (Å²) >= 11 is 0. The third-order valence-electron chi connectivity index (χ3n) is 18.1. The van der Waals surface area contributed by atoms with Crippen LogP contribution in [0.25, 0.3) is 0 Å². The number of likely N-dealkylation sites (tertiary alicyclic amines) is 2. The fourth-order valence-corrected chi connectivity index (χ4v) is 15.2. The van der Waals surface area contributed by atoms with Crippen LogP contribution in [0.3, 0.4) is 0 Å². The quantitative estimate of drug-likeness (QED) is 0.144. The van der Waals surface area contributed by atoms with Gasteiger partial charge in [0.25, 0.3) is 0 Å². The van der Waals surface area contributed by atoms with Crippen LogP contribution < -0.4 is 10.0 Å². The molecule has 0 aromatic rings. The highest BCUT2D eigenvalue weighted by Crippen LogP contribution is 2.88. The van der Waals surface area contributed by atoms with E-state index in [9.17, 15) is 27.6 Å². The van der Waals surface area contributed by atoms with Crippen LogP contribution in [-0.4, -0.2) is 102 Å². The number of hydrogen-bond acceptors (Lipinski definition) is 8. The van der Waals surface area contributed by atoms with Crippen molar-refractivity contribution in [3.05, 3.63) is 12.7 Å². The standard InChI is InChI=1S/C48H77N5O7S/c1-8-35-28-46(35,44(58)50-61(59,60)51(9-2)10-3)30-40(55)38-29-48(45(6,7)47(48)24-18-25-47)31-53(38)43(57)36(33-19-14-15-20-33)27-39(54)41(34-21-12-11-13-22-34)49-42(56)37-23-16-17-26-52(37)32(4)5/h8,32-38,41H,1,9-31H2,2-7H3,(H,49,56)(H,50,58)/t35-,36+,37+,38+,41?,46-,48-/m1/s1. The Labute approximate surface area is 366 Å². The zero-order valence-corrected chi connectivity index (χ0v) is 39.1. The second kappa shape index (κ2) is 17.7. The van der Waals surface area contributed by atoms with E-state index >= 15 is 4.79 Å². The maximum atomic E-state index is 15.5. The Balaban J connectivity index is 1.17. The predicted molar refractivity (Wildman–Crippen MR) is 236 cm³/mol. The zero-order chi connectivity index (χ0) is 44.1. The molecule has 5 aliphatic carbocycles. The van der Waals surface area contributed by atoms with Crippen LogP contribution in [0.15, 0.2) is 12.7 Å². The Morgan fingerprint density at radius 3 is 2.00 bits per heavy atom. The van der Waals surface area contributed by atoms with Crippen molar-refractivity contribution in [3.63, 3.8) is 0 Å². The highest BCUT2D eigenvalue weighted by atomic mass is 32.2. The number of nitrogens with zero attached hydrogens (tertiary/aromatic N) is 3. The molecule has 3 amide bonds. The predicted octanol–water partition coefficient (Wildman–Crippen LogP) is 6.73. The average Bonchev–Trinajstić information content (AvgIpc) is 3.69. The summed E-state index contributed by atoms with van der Waals surface area (Å²) < 4.78 is 29.9. The summed E-state index contributed by atoms with van der Waals surface area (Å²) in [6.07, 6.45) is 16.9. The maximum Gasteiger partial charge on any atom is 0.303 e. The lowest BCUT2D eigenvalue weighted by Gasteiger charge is -2.39. The molecule has 2 aliphatic heterocycles. The van der Waals surface area contributed by atoms with Gasteiger partial charge in [0.05, 0.1) is 23.5 Å². The summed E-state index contributed by atoms with van der Waals surface area (Å²) in [5, 5.41) is 3.31. The average molecular weight is 868 g/mol. The van der Waals surface area contributed by atoms with Gasteiger partial charge in [0.2, 0.25) is 17.7 Å². The van der Waals surface area contributed by atoms with E-state index in [4.69, 9.17) is 0 Å². The first-order chi connectivity index (χ1) is 28.9. The summed E-state index contributed by atoms with van der Waals surface area (Å²) in [5.41, 5.74) is -1.55. The first-order valence-corrected chi connectivity index (χ1v) is 25.7. The first kappa shape index (κ1) is 46.4. The van der Waals surface area contributed by atoms with Gasteiger partial charge in [-0.2, -0.15) is 12.7 Å². The molecule has 7 rings (SSSR count). The van der Waals surface area contributed by atoms with Gasteiger partial charge in [0, 0.05) is 49.9 Å². The van der Waals surface area contributed by atoms with Gasteiger partial charge < -0.3 is 10.2 Å². The topological polar surface area (TPSA) is 153 Å². The van der Waals surface area contributed by atoms with Crippen molar-refractivity contribution in [1.82, 2.24) is 24.1 Å². The number of fused-ring (bicyclic) bond motifs is 1. The minimum atomic E-state index is -4.12. The van der Waals surface area contributed by atoms with Gasteiger partial charge in [-0.25, -0.2) is 4.72 Å². The van der Waals surface area contributed by atoms with Crippen LogP contribution in [0.5, 0.6) is 0 Å². The summed E-state index contributed by atoms with van der Waals surface area (Å²) in [6, 6.07) is -1.49. The van der Waals surface area contributed by atoms with E-state index in [2.05, 4.69) is 49.2 Å². The van der Waals surface area contributed by atoms with E-state index in [-0.39, 0.29) is 95.4 Å². The van der Waals surface area contributed by atoms with E-state index in [1.54, 1.807) is 19.9 Å². The highest BCUT2D eigenvalue weighted by Gasteiger charge is 2.85. The number of hydrogen-bond donors (Lipinski definition) is 2. The van der Waals surface area contributed by atoms with Crippen molar-refractivity contribution in [2.45, 2.75) is 188 Å². The molecule has 0 radical (unpaired) electrons. The van der Waals surface area contributed by atoms with Crippen molar-refractivity contribution in [2.24, 2.45) is 45.3 Å². The second-order valence-corrected chi connectivity index (χ2v) is 22.9. The van der Waals surface area contributed by atoms with Gasteiger partial charge in [0.15, 0.2) is 11.6 Å². The summed E-state index contributed by atoms with van der Waals surface area (Å²) in [5.74, 6) is -2.13. The fourth-order valence-electron chi connectivity index (χ4n) is 14.0. The molecule has 2 heterocycles. The second-order valence-electron chi connectivity index (χ2n) is 21.2. The molecule has 61 heavy (non-hydrogen) atoms. The number of amides is 3. The summed E-state index contributed by atoms with van der Waals surface area (Å²) in [6.45, 7) is 17.9. The lowest BCUT2D eigenvalue weighted by molar-refractivity contribution is -0.145. The number of rotatable bonds is 18. The molecule has 2 saturated heterocycles. The van der Waals surface area contributed by atoms with Crippen LogP contribution in [0, 0.1) is 45.3 Å². The Hall–Kier alpha value is -2.64. The monoisotopic (exact) mass is 868 g/mol. The van der Waals surface area contributed by atoms with Crippen molar-refractivity contribution in [2.75, 3.05) is 26.2 Å². The van der Waals surface area contributed by atoms with Gasteiger partial charge in [-0.05, 0) is 113 Å². The largest absolute Gasteiger partial charge is 0.345 e. The third-order valence-corrected chi connectivity index (χ3v) is 19.7. The smallest absolute Gasteiger partial charge is 0.303 e. The molecular weight excluding hydrogens is 791 g/mol. The first-order valence-electron chi connectivity index (χ1n) is 24.3. The van der Waals surface area contributed by atoms with Gasteiger partial charge in [0.1, 0.15) is 0 Å². The Morgan fingerprint density at radius 2 is 1.44 bits per heavy atom. The molecule has 1 unspecified atom stereocenters. The van der Waals surface area contributed by atoms with E-state index < -0.39 is 39.5 Å². The van der Waals surface area contributed by atoms with Crippen LogP contribution >= 0.6 is 0 Å². The van der Waals surface area contributed by atoms with E-state index in [1.165, 1.54) is 4.31 Å². The number of carbonyl (C=O) groups is 5. The lowest BCUT2D eigenvalue weighted by atomic mass is 9.73. The highest BCUT2D eigenvalue weighted by molar-refractivity contribution is 7.87. The van der Waals surface area contributed by atoms with Crippen molar-refractivity contribution < 1.29 is 32.4 Å². The van der Waals surface area contributed by atoms with Crippen LogP contribution in [0.4, 0.5) is 0 Å². The van der Waals surface area contributed by atoms with E-state index in [0.717, 1.165) is 103 Å². The molecule has 7 fully saturated rings. The Bertz CT molecular complexity index is 1810. The number of piperidine rings is 1. The van der Waals surface area contributed by atoms with Crippen molar-refractivity contribution >= 4 is 39.5 Å². The molecule has 0 bridgehead atoms. The van der Waals surface area contributed by atoms with Gasteiger partial charge in [-0.1, -0.05) is 78.7 Å². The molecule has 2 spiro atoms. The molecule has 342 valence electrons. The Kier molecular flexibility index (Phi) is 13.5. The van der Waals surface area contributed by atoms with Crippen molar-refractivity contribution in [1.29, 1.82) is 0 Å². The summed E-state index contributed by atoms with van der Waals surface area (Å²) in [7, 11) is -4.12. The SMILES string of the molecule is C=C[C@@H]1C[C@]1(CC(=O)[C@@H]1C[C@@]2(CN1C(=O)[C@@H](CC(=O)C(NC(=O)[C@@H]1CCCCN1C(C)C)C1CCCCC1)C1CCCC1)C(C)(C)C21CCC1)C(=O)NS(=O)(=O)N(CC)CC. The van der Waals surface area contributed by atoms with Crippen LogP contribution in [0.2, 0.25) is 0 Å². The molecule has 2 N–H and O–H groups in total. The van der Waals surface area contributed by atoms with Gasteiger partial charge in [-0.15, -0.1) is 6.58 Å².